The van der Waals surface area contributed by atoms with E-state index in [1.807, 2.05) is 6.07 Å². The second-order valence-electron chi connectivity index (χ2n) is 20.4. The van der Waals surface area contributed by atoms with E-state index in [0.717, 1.165) is 30.7 Å². The molecule has 74 heavy (non-hydrogen) atoms. The summed E-state index contributed by atoms with van der Waals surface area (Å²) < 4.78 is 63.2. The van der Waals surface area contributed by atoms with Crippen molar-refractivity contribution in [2.75, 3.05) is 80.0 Å². The molecule has 6 amide bonds. The van der Waals surface area contributed by atoms with E-state index in [-0.39, 0.29) is 131 Å². The summed E-state index contributed by atoms with van der Waals surface area (Å²) >= 11 is 0. The lowest BCUT2D eigenvalue weighted by Gasteiger charge is -2.38. The van der Waals surface area contributed by atoms with Gasteiger partial charge in [-0.05, 0) is 87.5 Å². The molecule has 19 nitrogen and oxygen atoms in total. The monoisotopic (exact) mass is 1040 g/mol. The summed E-state index contributed by atoms with van der Waals surface area (Å²) in [6.07, 6.45) is 6.63. The highest BCUT2D eigenvalue weighted by Crippen LogP contribution is 2.45. The minimum Gasteiger partial charge on any atom is -0.379 e. The molecule has 4 fully saturated rings. The van der Waals surface area contributed by atoms with Crippen molar-refractivity contribution < 1.29 is 60.9 Å². The van der Waals surface area contributed by atoms with Crippen molar-refractivity contribution in [2.45, 2.75) is 133 Å². The zero-order chi connectivity index (χ0) is 52.7. The van der Waals surface area contributed by atoms with Crippen LogP contribution in [0.1, 0.15) is 112 Å². The molecule has 7 rings (SSSR count). The average molecular weight is 1040 g/mol. The molecular formula is C52H74F3N9O10. The van der Waals surface area contributed by atoms with Gasteiger partial charge < -0.3 is 55.3 Å². The van der Waals surface area contributed by atoms with E-state index in [1.54, 1.807) is 42.4 Å². The lowest BCUT2D eigenvalue weighted by molar-refractivity contribution is -0.143. The molecule has 2 aliphatic carbocycles. The first-order valence-corrected chi connectivity index (χ1v) is 26.3. The maximum Gasteiger partial charge on any atom is 0.417 e. The number of halogens is 3. The Morgan fingerprint density at radius 1 is 0.892 bits per heavy atom. The van der Waals surface area contributed by atoms with E-state index in [2.05, 4.69) is 36.6 Å². The van der Waals surface area contributed by atoms with Gasteiger partial charge in [-0.25, -0.2) is 0 Å². The number of likely N-dealkylation sites (tertiary alicyclic amines) is 1. The highest BCUT2D eigenvalue weighted by Gasteiger charge is 2.48. The van der Waals surface area contributed by atoms with Gasteiger partial charge in [0.1, 0.15) is 0 Å². The number of fused-ring (bicyclic) bond motifs is 1. The Labute approximate surface area is 430 Å². The van der Waals surface area contributed by atoms with Crippen LogP contribution >= 0.6 is 0 Å². The third kappa shape index (κ3) is 15.4. The maximum absolute atomic E-state index is 14.6. The molecule has 22 heteroatoms. The number of hydrogen-bond acceptors (Lipinski definition) is 13. The van der Waals surface area contributed by atoms with Gasteiger partial charge in [0.15, 0.2) is 0 Å². The normalized spacial score (nSPS) is 26.1. The third-order valence-electron chi connectivity index (χ3n) is 15.4. The minimum absolute atomic E-state index is 0.0428. The fraction of sp³-hybridized carbons (Fsp3) is 0.692. The van der Waals surface area contributed by atoms with Crippen LogP contribution in [0.3, 0.4) is 0 Å². The summed E-state index contributed by atoms with van der Waals surface area (Å²) in [6, 6.07) is 4.37. The Kier molecular flexibility index (Phi) is 20.6. The quantitative estimate of drug-likeness (QED) is 0.0954. The Bertz CT molecular complexity index is 2220. The lowest BCUT2D eigenvalue weighted by atomic mass is 9.79. The van der Waals surface area contributed by atoms with E-state index in [1.165, 1.54) is 0 Å². The number of ether oxygens (including phenoxy) is 4. The zero-order valence-corrected chi connectivity index (χ0v) is 42.7. The van der Waals surface area contributed by atoms with Gasteiger partial charge in [-0.15, -0.1) is 0 Å². The van der Waals surface area contributed by atoms with Crippen LogP contribution in [-0.2, 0) is 66.9 Å². The Hall–Kier alpha value is -5.29. The molecule has 0 spiro atoms. The van der Waals surface area contributed by atoms with Crippen molar-refractivity contribution in [3.8, 4) is 0 Å². The number of carbonyl (C=O) groups is 6. The molecule has 2 saturated carbocycles. The van der Waals surface area contributed by atoms with E-state index in [4.69, 9.17) is 18.9 Å². The van der Waals surface area contributed by atoms with Crippen LogP contribution in [0.15, 0.2) is 36.8 Å². The summed E-state index contributed by atoms with van der Waals surface area (Å²) in [7, 11) is 3.33. The molecule has 2 aromatic rings. The number of carbonyl (C=O) groups excluding carboxylic acids is 6. The average Bonchev–Trinajstić information content (AvgIpc) is 3.95. The molecule has 0 bridgehead atoms. The zero-order valence-electron chi connectivity index (χ0n) is 42.7. The van der Waals surface area contributed by atoms with E-state index >= 15 is 0 Å². The highest BCUT2D eigenvalue weighted by molar-refractivity contribution is 5.90. The number of hydrogen-bond donors (Lipinski definition) is 5. The topological polar surface area (TPSA) is 232 Å². The van der Waals surface area contributed by atoms with Gasteiger partial charge in [0.25, 0.3) is 0 Å². The molecule has 0 radical (unpaired) electrons. The van der Waals surface area contributed by atoms with Crippen LogP contribution in [0.25, 0.3) is 0 Å². The Morgan fingerprint density at radius 2 is 1.68 bits per heavy atom. The predicted molar refractivity (Wildman–Crippen MR) is 262 cm³/mol. The number of nitrogens with zero attached hydrogens (tertiary/aromatic N) is 4. The molecule has 2 saturated heterocycles. The fourth-order valence-corrected chi connectivity index (χ4v) is 11.3. The smallest absolute Gasteiger partial charge is 0.379 e. The fourth-order valence-electron chi connectivity index (χ4n) is 11.3. The van der Waals surface area contributed by atoms with Gasteiger partial charge in [0.2, 0.25) is 35.4 Å². The standard InChI is InChI=1S/C52H74F3N9O10/c1-63-46(67)28-40(47(63)35-5-3-17-56-30-35)49(69)59-19-11-44(65)57-20-24-73-26-25-72-23-14-45(66)62-38-8-6-34(7-9-38)48(68)58-18-4-15-51(16-10-39(29-51)61-42-13-22-74-33-43(42)71-2)50(70)64-21-12-41-36(32-64)27-37(31-60-41)52(53,54)55/h3,5,17,27,30-31,34,38-40,42-43,47,61H,4,6-16,18-26,28-29,32-33H2,1-2H3,(H,57,65)(H,58,68)(H,59,69)(H,62,66)/t34?,38?,39-,40-,42+,43-,47+,51+/m0/s1. The van der Waals surface area contributed by atoms with Gasteiger partial charge in [-0.2, -0.15) is 13.2 Å². The highest BCUT2D eigenvalue weighted by atomic mass is 19.4. The Balaban J connectivity index is 0.738. The van der Waals surface area contributed by atoms with Gasteiger partial charge in [0.05, 0.1) is 62.1 Å². The van der Waals surface area contributed by atoms with Gasteiger partial charge in [-0.3, -0.25) is 38.7 Å². The molecule has 6 atom stereocenters. The SMILES string of the molecule is CO[C@H]1COCC[C@H]1N[C@H]1CC[C@@](CCCNC(=O)C2CCC(NC(=O)CCOCCOCCNC(=O)CCNC(=O)[C@H]3CC(=O)N(C)[C@@H]3c3cccnc3)CC2)(C(=O)N2CCc3ncc(C(F)(F)F)cc3C2)C1. The van der Waals surface area contributed by atoms with Gasteiger partial charge in [0, 0.05) is 127 Å². The number of aromatic nitrogens is 2. The first kappa shape index (κ1) is 56.4. The van der Waals surface area contributed by atoms with Crippen molar-refractivity contribution in [1.29, 1.82) is 0 Å². The van der Waals surface area contributed by atoms with Crippen LogP contribution in [-0.4, -0.2) is 159 Å². The van der Waals surface area contributed by atoms with Crippen LogP contribution in [0.4, 0.5) is 13.2 Å². The molecule has 0 aromatic carbocycles. The number of methoxy groups -OCH3 is 1. The number of pyridine rings is 2. The number of nitrogens with one attached hydrogen (secondary N) is 5. The van der Waals surface area contributed by atoms with E-state index in [0.29, 0.717) is 95.3 Å². The number of rotatable bonds is 24. The van der Waals surface area contributed by atoms with Gasteiger partial charge >= 0.3 is 6.18 Å². The van der Waals surface area contributed by atoms with Crippen molar-refractivity contribution in [3.05, 3.63) is 59.2 Å². The van der Waals surface area contributed by atoms with Crippen LogP contribution in [0, 0.1) is 17.3 Å². The molecular weight excluding hydrogens is 968 g/mol. The van der Waals surface area contributed by atoms with Crippen molar-refractivity contribution in [1.82, 2.24) is 46.4 Å². The minimum atomic E-state index is -4.54. The van der Waals surface area contributed by atoms with Crippen LogP contribution in [0.5, 0.6) is 0 Å². The number of amides is 6. The molecule has 2 aromatic heterocycles. The second kappa shape index (κ2) is 27.0. The first-order chi connectivity index (χ1) is 35.6. The van der Waals surface area contributed by atoms with Crippen molar-refractivity contribution >= 4 is 35.4 Å². The van der Waals surface area contributed by atoms with Crippen LogP contribution < -0.4 is 26.6 Å². The summed E-state index contributed by atoms with van der Waals surface area (Å²) in [5.74, 6) is -1.67. The summed E-state index contributed by atoms with van der Waals surface area (Å²) in [5.41, 5.74) is 0.216. The predicted octanol–water partition coefficient (Wildman–Crippen LogP) is 3.15. The molecule has 408 valence electrons. The van der Waals surface area contributed by atoms with Crippen molar-refractivity contribution in [3.63, 3.8) is 0 Å². The molecule has 5 N–H and O–H groups in total. The summed E-state index contributed by atoms with van der Waals surface area (Å²) in [5, 5.41) is 15.4. The van der Waals surface area contributed by atoms with E-state index < -0.39 is 29.1 Å². The first-order valence-electron chi connectivity index (χ1n) is 26.3. The third-order valence-corrected chi connectivity index (χ3v) is 15.4. The van der Waals surface area contributed by atoms with Crippen LogP contribution in [0.2, 0.25) is 0 Å². The number of alkyl halides is 3. The molecule has 3 aliphatic heterocycles. The summed E-state index contributed by atoms with van der Waals surface area (Å²) in [6.45, 7) is 3.36. The summed E-state index contributed by atoms with van der Waals surface area (Å²) in [4.78, 5) is 89.7. The second-order valence-corrected chi connectivity index (χ2v) is 20.4. The molecule has 0 unspecified atom stereocenters. The maximum atomic E-state index is 14.6. The molecule has 5 aliphatic rings. The molecule has 5 heterocycles. The van der Waals surface area contributed by atoms with E-state index in [9.17, 15) is 41.9 Å². The largest absolute Gasteiger partial charge is 0.417 e. The lowest BCUT2D eigenvalue weighted by Crippen LogP contribution is -2.51. The van der Waals surface area contributed by atoms with Gasteiger partial charge in [-0.1, -0.05) is 6.07 Å². The Morgan fingerprint density at radius 3 is 2.43 bits per heavy atom. The van der Waals surface area contributed by atoms with Crippen molar-refractivity contribution in [2.24, 2.45) is 17.3 Å².